The summed E-state index contributed by atoms with van der Waals surface area (Å²) in [6, 6.07) is 0. The molecule has 0 bridgehead atoms. The highest BCUT2D eigenvalue weighted by Crippen LogP contribution is 2.41. The first-order chi connectivity index (χ1) is 9.45. The average Bonchev–Trinajstić information content (AvgIpc) is 2.44. The van der Waals surface area contributed by atoms with Gasteiger partial charge in [0.25, 0.3) is 0 Å². The largest absolute Gasteiger partial charge is 0.396 e. The Labute approximate surface area is 123 Å². The highest BCUT2D eigenvalue weighted by molar-refractivity contribution is 4.90. The molecule has 0 saturated carbocycles. The minimum atomic E-state index is -0.540. The first-order valence-corrected chi connectivity index (χ1v) is 8.10. The number of rotatable bonds is 12. The summed E-state index contributed by atoms with van der Waals surface area (Å²) in [5.74, 6) is 0. The van der Waals surface area contributed by atoms with E-state index in [1.807, 2.05) is 20.8 Å². The second-order valence-electron chi connectivity index (χ2n) is 6.03. The normalized spacial score (nSPS) is 19.4. The van der Waals surface area contributed by atoms with Gasteiger partial charge in [0.15, 0.2) is 0 Å². The van der Waals surface area contributed by atoms with E-state index in [1.54, 1.807) is 0 Å². The maximum Gasteiger partial charge on any atom is 0.0598 e. The molecule has 0 aromatic heterocycles. The summed E-state index contributed by atoms with van der Waals surface area (Å²) in [5, 5.41) is 39.8. The zero-order chi connectivity index (χ0) is 15.6. The lowest BCUT2D eigenvalue weighted by atomic mass is 9.68. The molecule has 3 atom stereocenters. The van der Waals surface area contributed by atoms with E-state index in [2.05, 4.69) is 0 Å². The summed E-state index contributed by atoms with van der Waals surface area (Å²) in [7, 11) is 0. The number of hydrogen-bond donors (Lipinski definition) is 4. The molecule has 0 aromatic carbocycles. The van der Waals surface area contributed by atoms with Crippen LogP contribution in [0.4, 0.5) is 0 Å². The van der Waals surface area contributed by atoms with Gasteiger partial charge in [-0.2, -0.15) is 0 Å². The minimum Gasteiger partial charge on any atom is -0.396 e. The molecule has 4 N–H and O–H groups in total. The molecule has 0 heterocycles. The summed E-state index contributed by atoms with van der Waals surface area (Å²) in [6.45, 7) is 5.94. The third-order valence-electron chi connectivity index (χ3n) is 4.33. The van der Waals surface area contributed by atoms with Gasteiger partial charge >= 0.3 is 0 Å². The van der Waals surface area contributed by atoms with Gasteiger partial charge in [0.2, 0.25) is 0 Å². The number of aliphatic hydroxyl groups excluding tert-OH is 4. The van der Waals surface area contributed by atoms with Crippen molar-refractivity contribution < 1.29 is 20.4 Å². The van der Waals surface area contributed by atoms with Crippen molar-refractivity contribution in [1.82, 2.24) is 0 Å². The summed E-state index contributed by atoms with van der Waals surface area (Å²) in [4.78, 5) is 0. The average molecular weight is 290 g/mol. The van der Waals surface area contributed by atoms with Crippen LogP contribution in [0, 0.1) is 5.41 Å². The lowest BCUT2D eigenvalue weighted by molar-refractivity contribution is -0.0579. The Morgan fingerprint density at radius 2 is 1.40 bits per heavy atom. The lowest BCUT2D eigenvalue weighted by Crippen LogP contribution is -2.41. The van der Waals surface area contributed by atoms with Gasteiger partial charge in [-0.1, -0.05) is 27.2 Å². The van der Waals surface area contributed by atoms with Gasteiger partial charge in [-0.3, -0.25) is 0 Å². The fourth-order valence-corrected chi connectivity index (χ4v) is 2.96. The van der Waals surface area contributed by atoms with Crippen molar-refractivity contribution in [3.05, 3.63) is 0 Å². The third-order valence-corrected chi connectivity index (χ3v) is 4.33. The standard InChI is InChI=1S/C16H34O4/c1-4-8-15(20)16(9-7-10-17,11-13(18)5-2)12-14(19)6-3/h13-15,17-20H,4-12H2,1-3H3. The van der Waals surface area contributed by atoms with Crippen LogP contribution in [0.25, 0.3) is 0 Å². The molecule has 0 fully saturated rings. The molecular weight excluding hydrogens is 256 g/mol. The predicted octanol–water partition coefficient (Wildman–Crippen LogP) is 2.23. The van der Waals surface area contributed by atoms with Crippen molar-refractivity contribution in [2.75, 3.05) is 6.61 Å². The van der Waals surface area contributed by atoms with E-state index >= 15 is 0 Å². The molecule has 3 unspecified atom stereocenters. The maximum absolute atomic E-state index is 10.6. The zero-order valence-electron chi connectivity index (χ0n) is 13.4. The Hall–Kier alpha value is -0.160. The van der Waals surface area contributed by atoms with E-state index in [9.17, 15) is 15.3 Å². The van der Waals surface area contributed by atoms with Crippen LogP contribution in [0.5, 0.6) is 0 Å². The van der Waals surface area contributed by atoms with E-state index < -0.39 is 23.7 Å². The van der Waals surface area contributed by atoms with Gasteiger partial charge in [-0.15, -0.1) is 0 Å². The predicted molar refractivity (Wildman–Crippen MR) is 81.5 cm³/mol. The molecular formula is C16H34O4. The smallest absolute Gasteiger partial charge is 0.0598 e. The van der Waals surface area contributed by atoms with E-state index in [0.29, 0.717) is 44.9 Å². The van der Waals surface area contributed by atoms with Crippen LogP contribution in [-0.4, -0.2) is 45.3 Å². The number of hydrogen-bond acceptors (Lipinski definition) is 4. The SMILES string of the molecule is CCCC(O)C(CCCO)(CC(O)CC)CC(O)CC. The Morgan fingerprint density at radius 3 is 1.75 bits per heavy atom. The molecule has 0 aromatic rings. The van der Waals surface area contributed by atoms with Crippen molar-refractivity contribution in [2.45, 2.75) is 90.4 Å². The van der Waals surface area contributed by atoms with Gasteiger partial charge in [0.05, 0.1) is 18.3 Å². The molecule has 0 rings (SSSR count). The number of aliphatic hydroxyl groups is 4. The quantitative estimate of drug-likeness (QED) is 0.444. The van der Waals surface area contributed by atoms with Crippen molar-refractivity contribution in [3.63, 3.8) is 0 Å². The fourth-order valence-electron chi connectivity index (χ4n) is 2.96. The van der Waals surface area contributed by atoms with E-state index in [4.69, 9.17) is 5.11 Å². The van der Waals surface area contributed by atoms with Crippen LogP contribution in [0.15, 0.2) is 0 Å². The molecule has 20 heavy (non-hydrogen) atoms. The molecule has 4 nitrogen and oxygen atoms in total. The first-order valence-electron chi connectivity index (χ1n) is 8.10. The fraction of sp³-hybridized carbons (Fsp3) is 1.00. The second kappa shape index (κ2) is 10.6. The van der Waals surface area contributed by atoms with Gasteiger partial charge in [-0.25, -0.2) is 0 Å². The Balaban J connectivity index is 5.13. The first kappa shape index (κ1) is 19.8. The van der Waals surface area contributed by atoms with Gasteiger partial charge in [0, 0.05) is 12.0 Å². The van der Waals surface area contributed by atoms with Crippen LogP contribution in [0.3, 0.4) is 0 Å². The van der Waals surface area contributed by atoms with E-state index in [1.165, 1.54) is 0 Å². The van der Waals surface area contributed by atoms with Gasteiger partial charge < -0.3 is 20.4 Å². The molecule has 0 aliphatic carbocycles. The Kier molecular flexibility index (Phi) is 10.5. The topological polar surface area (TPSA) is 80.9 Å². The van der Waals surface area contributed by atoms with Crippen molar-refractivity contribution in [1.29, 1.82) is 0 Å². The van der Waals surface area contributed by atoms with Gasteiger partial charge in [-0.05, 0) is 44.9 Å². The molecule has 0 saturated heterocycles. The van der Waals surface area contributed by atoms with Gasteiger partial charge in [0.1, 0.15) is 0 Å². The highest BCUT2D eigenvalue weighted by Gasteiger charge is 2.39. The van der Waals surface area contributed by atoms with Crippen LogP contribution in [-0.2, 0) is 0 Å². The summed E-state index contributed by atoms with van der Waals surface area (Å²) >= 11 is 0. The second-order valence-corrected chi connectivity index (χ2v) is 6.03. The van der Waals surface area contributed by atoms with Crippen LogP contribution in [0.1, 0.15) is 72.1 Å². The molecule has 4 heteroatoms. The van der Waals surface area contributed by atoms with E-state index in [-0.39, 0.29) is 6.61 Å². The molecule has 0 radical (unpaired) electrons. The monoisotopic (exact) mass is 290 g/mol. The van der Waals surface area contributed by atoms with Crippen LogP contribution < -0.4 is 0 Å². The lowest BCUT2D eigenvalue weighted by Gasteiger charge is -2.41. The zero-order valence-corrected chi connectivity index (χ0v) is 13.4. The summed E-state index contributed by atoms with van der Waals surface area (Å²) in [6.07, 6.45) is 3.54. The van der Waals surface area contributed by atoms with E-state index in [0.717, 1.165) is 6.42 Å². The molecule has 122 valence electrons. The van der Waals surface area contributed by atoms with Crippen LogP contribution in [0.2, 0.25) is 0 Å². The highest BCUT2D eigenvalue weighted by atomic mass is 16.3. The molecule has 0 aliphatic heterocycles. The summed E-state index contributed by atoms with van der Waals surface area (Å²) in [5.41, 5.74) is -0.496. The Bertz CT molecular complexity index is 221. The maximum atomic E-state index is 10.6. The van der Waals surface area contributed by atoms with Crippen LogP contribution >= 0.6 is 0 Å². The molecule has 0 aliphatic rings. The minimum absolute atomic E-state index is 0.0744. The van der Waals surface area contributed by atoms with Crippen molar-refractivity contribution in [2.24, 2.45) is 5.41 Å². The molecule has 0 amide bonds. The Morgan fingerprint density at radius 1 is 0.900 bits per heavy atom. The van der Waals surface area contributed by atoms with Crippen molar-refractivity contribution in [3.8, 4) is 0 Å². The third kappa shape index (κ3) is 6.53. The summed E-state index contributed by atoms with van der Waals surface area (Å²) < 4.78 is 0. The van der Waals surface area contributed by atoms with Crippen molar-refractivity contribution >= 4 is 0 Å². The molecule has 0 spiro atoms.